The number of nitrogens with zero attached hydrogens (tertiary/aromatic N) is 1. The number of carbonyl (C=O) groups is 4. The van der Waals surface area contributed by atoms with Gasteiger partial charge in [0.15, 0.2) is 0 Å². The molecule has 0 aliphatic heterocycles. The van der Waals surface area contributed by atoms with Gasteiger partial charge in [0.05, 0.1) is 7.11 Å². The highest BCUT2D eigenvalue weighted by Gasteiger charge is 2.42. The second kappa shape index (κ2) is 13.2. The molecule has 0 saturated heterocycles. The first-order valence-corrected chi connectivity index (χ1v) is 13.2. The van der Waals surface area contributed by atoms with E-state index >= 15 is 0 Å². The van der Waals surface area contributed by atoms with Crippen LogP contribution < -0.4 is 21.1 Å². The molecule has 2 atom stereocenters. The lowest BCUT2D eigenvalue weighted by Gasteiger charge is -2.43. The van der Waals surface area contributed by atoms with Crippen LogP contribution >= 0.6 is 0 Å². The van der Waals surface area contributed by atoms with Gasteiger partial charge in [0, 0.05) is 18.2 Å². The van der Waals surface area contributed by atoms with E-state index in [-0.39, 0.29) is 24.6 Å². The molecule has 5 N–H and O–H groups in total. The fourth-order valence-electron chi connectivity index (χ4n) is 4.34. The Morgan fingerprint density at radius 1 is 1.05 bits per heavy atom. The molecule has 0 aromatic heterocycles. The van der Waals surface area contributed by atoms with Crippen LogP contribution in [0.2, 0.25) is 0 Å². The van der Waals surface area contributed by atoms with E-state index in [1.807, 2.05) is 0 Å². The van der Waals surface area contributed by atoms with Crippen molar-refractivity contribution < 1.29 is 33.8 Å². The minimum atomic E-state index is -1.17. The number of carbonyl (C=O) groups excluding carboxylic acids is 4. The van der Waals surface area contributed by atoms with Crippen LogP contribution in [0.1, 0.15) is 64.5 Å². The molecule has 40 heavy (non-hydrogen) atoms. The summed E-state index contributed by atoms with van der Waals surface area (Å²) in [6.07, 6.45) is 1.12. The molecule has 216 valence electrons. The van der Waals surface area contributed by atoms with Crippen LogP contribution in [-0.4, -0.2) is 58.6 Å². The molecular weight excluding hydrogens is 516 g/mol. The molecule has 1 saturated carbocycles. The quantitative estimate of drug-likeness (QED) is 0.330. The van der Waals surface area contributed by atoms with Crippen molar-refractivity contribution in [3.8, 4) is 11.5 Å². The number of aromatic hydroxyl groups is 1. The number of ether oxygens (including phenoxy) is 2. The van der Waals surface area contributed by atoms with Gasteiger partial charge in [0.25, 0.3) is 5.91 Å². The van der Waals surface area contributed by atoms with Crippen LogP contribution in [0.3, 0.4) is 0 Å². The summed E-state index contributed by atoms with van der Waals surface area (Å²) >= 11 is 0. The van der Waals surface area contributed by atoms with Gasteiger partial charge in [-0.25, -0.2) is 4.79 Å². The largest absolute Gasteiger partial charge is 0.508 e. The lowest BCUT2D eigenvalue weighted by Crippen LogP contribution is -2.57. The van der Waals surface area contributed by atoms with Crippen LogP contribution in [-0.2, 0) is 19.1 Å². The smallest absolute Gasteiger partial charge is 0.408 e. The number of primary amides is 1. The molecule has 1 aliphatic carbocycles. The molecule has 0 heterocycles. The number of hydrogen-bond acceptors (Lipinski definition) is 7. The zero-order valence-electron chi connectivity index (χ0n) is 23.3. The standard InChI is InChI=1S/C29H38N4O7/c1-29(2,3)40-28(38)32-23(16-17-24(30)35)27(37)33(20-6-5-7-20)25(18-8-12-21(34)13-9-18)26(36)31-19-10-14-22(39-4)15-11-19/h8-15,20,23,25,34H,5-7,16-17H2,1-4H3,(H2,30,35)(H,31,36)(H,32,38). The van der Waals surface area contributed by atoms with Gasteiger partial charge in [-0.3, -0.25) is 14.4 Å². The molecule has 0 spiro atoms. The number of anilines is 1. The maximum absolute atomic E-state index is 14.2. The van der Waals surface area contributed by atoms with Crippen LogP contribution in [0.25, 0.3) is 0 Å². The summed E-state index contributed by atoms with van der Waals surface area (Å²) in [5.41, 5.74) is 5.51. The molecule has 1 aliphatic rings. The van der Waals surface area contributed by atoms with Crippen molar-refractivity contribution in [3.05, 3.63) is 54.1 Å². The highest BCUT2D eigenvalue weighted by molar-refractivity contribution is 5.99. The second-order valence-corrected chi connectivity index (χ2v) is 10.7. The summed E-state index contributed by atoms with van der Waals surface area (Å²) in [5, 5.41) is 15.3. The number of nitrogens with one attached hydrogen (secondary N) is 2. The van der Waals surface area contributed by atoms with E-state index < -0.39 is 41.5 Å². The van der Waals surface area contributed by atoms with Crippen molar-refractivity contribution in [2.75, 3.05) is 12.4 Å². The summed E-state index contributed by atoms with van der Waals surface area (Å²) in [6, 6.07) is 10.2. The fourth-order valence-corrected chi connectivity index (χ4v) is 4.34. The van der Waals surface area contributed by atoms with E-state index in [0.29, 0.717) is 29.8 Å². The monoisotopic (exact) mass is 554 g/mol. The van der Waals surface area contributed by atoms with Crippen LogP contribution in [0.5, 0.6) is 11.5 Å². The topological polar surface area (TPSA) is 160 Å². The third-order valence-corrected chi connectivity index (χ3v) is 6.48. The molecule has 2 aromatic carbocycles. The zero-order chi connectivity index (χ0) is 29.4. The molecule has 4 amide bonds. The molecular formula is C29H38N4O7. The van der Waals surface area contributed by atoms with Gasteiger partial charge in [0.1, 0.15) is 29.2 Å². The molecule has 1 fully saturated rings. The van der Waals surface area contributed by atoms with Crippen molar-refractivity contribution in [2.24, 2.45) is 5.73 Å². The Labute approximate surface area is 234 Å². The third kappa shape index (κ3) is 8.36. The highest BCUT2D eigenvalue weighted by atomic mass is 16.6. The van der Waals surface area contributed by atoms with Crippen molar-refractivity contribution in [1.82, 2.24) is 10.2 Å². The molecule has 0 radical (unpaired) electrons. The lowest BCUT2D eigenvalue weighted by molar-refractivity contribution is -0.146. The molecule has 11 nitrogen and oxygen atoms in total. The fraction of sp³-hybridized carbons (Fsp3) is 0.448. The van der Waals surface area contributed by atoms with Gasteiger partial charge < -0.3 is 35.8 Å². The van der Waals surface area contributed by atoms with Gasteiger partial charge in [-0.1, -0.05) is 12.1 Å². The number of nitrogens with two attached hydrogens (primary N) is 1. The Bertz CT molecular complexity index is 1190. The summed E-state index contributed by atoms with van der Waals surface area (Å²) < 4.78 is 10.5. The first kappa shape index (κ1) is 30.3. The van der Waals surface area contributed by atoms with E-state index in [4.69, 9.17) is 15.2 Å². The number of benzene rings is 2. The molecule has 0 bridgehead atoms. The summed E-state index contributed by atoms with van der Waals surface area (Å²) in [7, 11) is 1.54. The van der Waals surface area contributed by atoms with E-state index in [1.165, 1.54) is 24.1 Å². The number of alkyl carbamates (subject to hydrolysis) is 1. The Kier molecular flexibility index (Phi) is 9.98. The molecule has 2 aromatic rings. The van der Waals surface area contributed by atoms with Gasteiger partial charge in [0.2, 0.25) is 11.8 Å². The van der Waals surface area contributed by atoms with Crippen molar-refractivity contribution >= 4 is 29.5 Å². The Morgan fingerprint density at radius 2 is 1.68 bits per heavy atom. The number of methoxy groups -OCH3 is 1. The predicted molar refractivity (Wildman–Crippen MR) is 149 cm³/mol. The van der Waals surface area contributed by atoms with Crippen LogP contribution in [0, 0.1) is 0 Å². The van der Waals surface area contributed by atoms with E-state index in [2.05, 4.69) is 10.6 Å². The molecule has 2 unspecified atom stereocenters. The number of amides is 4. The summed E-state index contributed by atoms with van der Waals surface area (Å²) in [5.74, 6) is -1.04. The van der Waals surface area contributed by atoms with Gasteiger partial charge in [-0.05, 0) is 88.4 Å². The Hall–Kier alpha value is -4.28. The minimum Gasteiger partial charge on any atom is -0.508 e. The SMILES string of the molecule is COc1ccc(NC(=O)C(c2ccc(O)cc2)N(C(=O)C(CCC(N)=O)NC(=O)OC(C)(C)C)C2CCC2)cc1. The lowest BCUT2D eigenvalue weighted by atomic mass is 9.87. The first-order valence-electron chi connectivity index (χ1n) is 13.2. The van der Waals surface area contributed by atoms with Gasteiger partial charge in [-0.2, -0.15) is 0 Å². The maximum Gasteiger partial charge on any atom is 0.408 e. The average molecular weight is 555 g/mol. The van der Waals surface area contributed by atoms with E-state index in [0.717, 1.165) is 6.42 Å². The second-order valence-electron chi connectivity index (χ2n) is 10.7. The first-order chi connectivity index (χ1) is 18.9. The zero-order valence-corrected chi connectivity index (χ0v) is 23.3. The Balaban J connectivity index is 2.00. The van der Waals surface area contributed by atoms with Crippen LogP contribution in [0.15, 0.2) is 48.5 Å². The number of phenolic OH excluding ortho intramolecular Hbond substituents is 1. The Morgan fingerprint density at radius 3 is 2.17 bits per heavy atom. The van der Waals surface area contributed by atoms with Gasteiger partial charge >= 0.3 is 6.09 Å². The summed E-state index contributed by atoms with van der Waals surface area (Å²) in [4.78, 5) is 53.8. The molecule has 3 rings (SSSR count). The van der Waals surface area contributed by atoms with Crippen molar-refractivity contribution in [2.45, 2.75) is 76.6 Å². The average Bonchev–Trinajstić information content (AvgIpc) is 2.85. The normalized spacial score (nSPS) is 14.7. The third-order valence-electron chi connectivity index (χ3n) is 6.48. The maximum atomic E-state index is 14.2. The minimum absolute atomic E-state index is 0.00510. The highest BCUT2D eigenvalue weighted by Crippen LogP contribution is 2.35. The predicted octanol–water partition coefficient (Wildman–Crippen LogP) is 3.62. The van der Waals surface area contributed by atoms with Crippen LogP contribution in [0.4, 0.5) is 10.5 Å². The molecule has 11 heteroatoms. The van der Waals surface area contributed by atoms with E-state index in [9.17, 15) is 24.3 Å². The number of phenols is 1. The van der Waals surface area contributed by atoms with Gasteiger partial charge in [-0.15, -0.1) is 0 Å². The number of rotatable bonds is 11. The summed E-state index contributed by atoms with van der Waals surface area (Å²) in [6.45, 7) is 5.08. The van der Waals surface area contributed by atoms with Crippen molar-refractivity contribution in [3.63, 3.8) is 0 Å². The van der Waals surface area contributed by atoms with Crippen molar-refractivity contribution in [1.29, 1.82) is 0 Å². The number of hydrogen-bond donors (Lipinski definition) is 4. The van der Waals surface area contributed by atoms with E-state index in [1.54, 1.807) is 57.2 Å².